The van der Waals surface area contributed by atoms with Gasteiger partial charge in [0.25, 0.3) is 5.91 Å². The number of aromatic nitrogens is 4. The van der Waals surface area contributed by atoms with E-state index >= 15 is 0 Å². The molecule has 2 aliphatic heterocycles. The van der Waals surface area contributed by atoms with Gasteiger partial charge in [0, 0.05) is 38.6 Å². The molecule has 39 heavy (non-hydrogen) atoms. The molecule has 0 radical (unpaired) electrons. The van der Waals surface area contributed by atoms with Gasteiger partial charge >= 0.3 is 0 Å². The van der Waals surface area contributed by atoms with Crippen LogP contribution in [0.25, 0.3) is 5.82 Å². The van der Waals surface area contributed by atoms with E-state index in [1.54, 1.807) is 29.3 Å². The molecule has 4 heterocycles. The Morgan fingerprint density at radius 1 is 1.13 bits per heavy atom. The van der Waals surface area contributed by atoms with Crippen LogP contribution in [-0.4, -0.2) is 74.1 Å². The third-order valence-corrected chi connectivity index (χ3v) is 8.61. The van der Waals surface area contributed by atoms with Crippen molar-refractivity contribution in [2.24, 2.45) is 23.0 Å². The summed E-state index contributed by atoms with van der Waals surface area (Å²) < 4.78 is 15.7. The van der Waals surface area contributed by atoms with Crippen LogP contribution in [0.3, 0.4) is 0 Å². The van der Waals surface area contributed by atoms with E-state index in [9.17, 15) is 14.0 Å². The Hall–Kier alpha value is -3.66. The fraction of sp³-hybridized carbons (Fsp3) is 0.483. The van der Waals surface area contributed by atoms with E-state index in [4.69, 9.17) is 5.73 Å². The molecule has 2 aliphatic rings. The highest BCUT2D eigenvalue weighted by Crippen LogP contribution is 2.40. The molecule has 2 amide bonds. The highest BCUT2D eigenvalue weighted by molar-refractivity contribution is 5.96. The van der Waals surface area contributed by atoms with Crippen LogP contribution in [0.1, 0.15) is 53.5 Å². The predicted octanol–water partition coefficient (Wildman–Crippen LogP) is 3.11. The van der Waals surface area contributed by atoms with Crippen LogP contribution in [0.5, 0.6) is 0 Å². The minimum atomic E-state index is -0.807. The van der Waals surface area contributed by atoms with Crippen LogP contribution in [0.4, 0.5) is 4.39 Å². The number of halogens is 1. The number of hydrogen-bond donors (Lipinski definition) is 1. The Balaban J connectivity index is 1.23. The molecule has 2 N–H and O–H groups in total. The van der Waals surface area contributed by atoms with Gasteiger partial charge in [-0.05, 0) is 62.3 Å². The first kappa shape index (κ1) is 26.9. The molecule has 2 unspecified atom stereocenters. The second-order valence-electron chi connectivity index (χ2n) is 11.5. The van der Waals surface area contributed by atoms with Crippen LogP contribution in [-0.2, 0) is 4.79 Å². The SMILES string of the molecule is Cc1nn(-c2cnccn2)c(C)c1C(=O)N1CC2CN(CC[C@@H](c3cccc(F)c3)C(C)(C)C(N)=O)CC2C1. The van der Waals surface area contributed by atoms with E-state index in [2.05, 4.69) is 20.0 Å². The molecular weight excluding hydrogens is 497 g/mol. The molecule has 2 aromatic heterocycles. The van der Waals surface area contributed by atoms with Gasteiger partial charge in [0.05, 0.1) is 28.6 Å². The van der Waals surface area contributed by atoms with Crippen molar-refractivity contribution < 1.29 is 14.0 Å². The molecule has 0 aliphatic carbocycles. The first-order valence-corrected chi connectivity index (χ1v) is 13.5. The Bertz CT molecular complexity index is 1360. The summed E-state index contributed by atoms with van der Waals surface area (Å²) in [6, 6.07) is 6.47. The van der Waals surface area contributed by atoms with Gasteiger partial charge in [0.1, 0.15) is 5.82 Å². The number of primary amides is 1. The maximum Gasteiger partial charge on any atom is 0.257 e. The van der Waals surface area contributed by atoms with Crippen molar-refractivity contribution in [1.82, 2.24) is 29.5 Å². The van der Waals surface area contributed by atoms with Gasteiger partial charge in [0.2, 0.25) is 5.91 Å². The molecule has 9 nitrogen and oxygen atoms in total. The molecular formula is C29H36FN7O2. The Labute approximate surface area is 228 Å². The third kappa shape index (κ3) is 5.17. The van der Waals surface area contributed by atoms with Crippen LogP contribution < -0.4 is 5.73 Å². The zero-order valence-electron chi connectivity index (χ0n) is 23.0. The molecule has 3 atom stereocenters. The summed E-state index contributed by atoms with van der Waals surface area (Å²) in [5.74, 6) is 0.477. The normalized spacial score (nSPS) is 20.3. The lowest BCUT2D eigenvalue weighted by Gasteiger charge is -2.33. The highest BCUT2D eigenvalue weighted by atomic mass is 19.1. The van der Waals surface area contributed by atoms with Gasteiger partial charge in [-0.1, -0.05) is 26.0 Å². The summed E-state index contributed by atoms with van der Waals surface area (Å²) in [5.41, 5.74) is 7.82. The quantitative estimate of drug-likeness (QED) is 0.477. The zero-order chi connectivity index (χ0) is 27.9. The minimum absolute atomic E-state index is 0.00969. The topological polar surface area (TPSA) is 110 Å². The van der Waals surface area contributed by atoms with Gasteiger partial charge in [-0.3, -0.25) is 14.6 Å². The number of fused-ring (bicyclic) bond motifs is 1. The average Bonchev–Trinajstić information content (AvgIpc) is 3.55. The lowest BCUT2D eigenvalue weighted by Crippen LogP contribution is -2.39. The molecule has 0 saturated carbocycles. The molecule has 206 valence electrons. The Morgan fingerprint density at radius 3 is 2.46 bits per heavy atom. The van der Waals surface area contributed by atoms with Gasteiger partial charge in [0.15, 0.2) is 5.82 Å². The van der Waals surface area contributed by atoms with Crippen molar-refractivity contribution in [3.63, 3.8) is 0 Å². The molecule has 1 aromatic carbocycles. The van der Waals surface area contributed by atoms with Crippen LogP contribution in [0, 0.1) is 36.9 Å². The molecule has 0 bridgehead atoms. The van der Waals surface area contributed by atoms with E-state index in [1.165, 1.54) is 12.1 Å². The van der Waals surface area contributed by atoms with Gasteiger partial charge < -0.3 is 15.5 Å². The molecule has 0 spiro atoms. The first-order chi connectivity index (χ1) is 18.6. The maximum atomic E-state index is 14.0. The van der Waals surface area contributed by atoms with Crippen LogP contribution in [0.2, 0.25) is 0 Å². The summed E-state index contributed by atoms with van der Waals surface area (Å²) in [4.78, 5) is 38.6. The summed E-state index contributed by atoms with van der Waals surface area (Å²) in [5, 5.41) is 4.56. The van der Waals surface area contributed by atoms with E-state index in [-0.39, 0.29) is 17.6 Å². The van der Waals surface area contributed by atoms with Crippen molar-refractivity contribution in [3.8, 4) is 5.82 Å². The van der Waals surface area contributed by atoms with Gasteiger partial charge in [-0.25, -0.2) is 14.1 Å². The lowest BCUT2D eigenvalue weighted by atomic mass is 9.72. The number of likely N-dealkylation sites (tertiary alicyclic amines) is 2. The molecule has 3 aromatic rings. The van der Waals surface area contributed by atoms with Gasteiger partial charge in [-0.15, -0.1) is 0 Å². The Morgan fingerprint density at radius 2 is 1.85 bits per heavy atom. The minimum Gasteiger partial charge on any atom is -0.369 e. The van der Waals surface area contributed by atoms with Crippen molar-refractivity contribution in [3.05, 3.63) is 71.2 Å². The van der Waals surface area contributed by atoms with Crippen molar-refractivity contribution in [1.29, 1.82) is 0 Å². The highest BCUT2D eigenvalue weighted by Gasteiger charge is 2.43. The van der Waals surface area contributed by atoms with Crippen molar-refractivity contribution in [2.75, 3.05) is 32.7 Å². The second kappa shape index (κ2) is 10.5. The predicted molar refractivity (Wildman–Crippen MR) is 145 cm³/mol. The number of nitrogens with two attached hydrogens (primary N) is 1. The average molecular weight is 534 g/mol. The molecule has 5 rings (SSSR count). The monoisotopic (exact) mass is 533 g/mol. The number of rotatable bonds is 8. The number of carbonyl (C=O) groups excluding carboxylic acids is 2. The molecule has 2 fully saturated rings. The van der Waals surface area contributed by atoms with Crippen molar-refractivity contribution in [2.45, 2.75) is 40.0 Å². The number of aryl methyl sites for hydroxylation is 1. The van der Waals surface area contributed by atoms with Gasteiger partial charge in [-0.2, -0.15) is 5.10 Å². The van der Waals surface area contributed by atoms with Crippen LogP contribution in [0.15, 0.2) is 42.9 Å². The molecule has 2 saturated heterocycles. The first-order valence-electron chi connectivity index (χ1n) is 13.5. The third-order valence-electron chi connectivity index (χ3n) is 8.61. The summed E-state index contributed by atoms with van der Waals surface area (Å²) in [6.07, 6.45) is 5.54. The number of benzene rings is 1. The second-order valence-corrected chi connectivity index (χ2v) is 11.5. The maximum absolute atomic E-state index is 14.0. The standard InChI is InChI=1S/C29H36FN7O2/c1-18-26(19(2)37(34-18)25-13-32-9-10-33-25)27(38)36-16-21-14-35(15-22(21)17-36)11-8-24(29(3,4)28(31)39)20-6-5-7-23(30)12-20/h5-7,9-10,12-13,21-22,24H,8,11,14-17H2,1-4H3,(H2,31,39)/t21?,22?,24-/m0/s1. The van der Waals surface area contributed by atoms with E-state index in [1.807, 2.05) is 38.7 Å². The lowest BCUT2D eigenvalue weighted by molar-refractivity contribution is -0.127. The van der Waals surface area contributed by atoms with Crippen molar-refractivity contribution >= 4 is 11.8 Å². The smallest absolute Gasteiger partial charge is 0.257 e. The number of nitrogens with zero attached hydrogens (tertiary/aromatic N) is 6. The fourth-order valence-corrected chi connectivity index (χ4v) is 6.32. The van der Waals surface area contributed by atoms with E-state index < -0.39 is 11.3 Å². The van der Waals surface area contributed by atoms with E-state index in [0.29, 0.717) is 48.4 Å². The zero-order valence-corrected chi connectivity index (χ0v) is 23.0. The van der Waals surface area contributed by atoms with E-state index in [0.717, 1.165) is 30.9 Å². The van der Waals surface area contributed by atoms with Crippen LogP contribution >= 0.6 is 0 Å². The molecule has 10 heteroatoms. The number of hydrogen-bond acceptors (Lipinski definition) is 6. The number of carbonyl (C=O) groups is 2. The summed E-state index contributed by atoms with van der Waals surface area (Å²) in [7, 11) is 0. The largest absolute Gasteiger partial charge is 0.369 e. The summed E-state index contributed by atoms with van der Waals surface area (Å²) >= 11 is 0. The summed E-state index contributed by atoms with van der Waals surface area (Å²) in [6.45, 7) is 11.4. The number of amides is 2. The Kier molecular flexibility index (Phi) is 7.24. The fourth-order valence-electron chi connectivity index (χ4n) is 6.32.